The molecule has 0 spiro atoms. The molecule has 0 saturated carbocycles. The molecule has 9 heteroatoms. The third-order valence-corrected chi connectivity index (χ3v) is 6.94. The van der Waals surface area contributed by atoms with Crippen molar-refractivity contribution < 1.29 is 19.4 Å². The van der Waals surface area contributed by atoms with Crippen LogP contribution in [0.4, 0.5) is 11.6 Å². The van der Waals surface area contributed by atoms with Crippen LogP contribution in [0.15, 0.2) is 24.4 Å². The van der Waals surface area contributed by atoms with Crippen molar-refractivity contribution in [3.63, 3.8) is 0 Å². The number of aliphatic carboxylic acids is 1. The molecule has 0 aromatic carbocycles. The van der Waals surface area contributed by atoms with Gasteiger partial charge in [-0.1, -0.05) is 6.07 Å². The molecular weight excluding hydrogens is 434 g/mol. The van der Waals surface area contributed by atoms with Gasteiger partial charge in [0.1, 0.15) is 12.4 Å². The van der Waals surface area contributed by atoms with E-state index in [1.807, 2.05) is 6.07 Å². The van der Waals surface area contributed by atoms with Gasteiger partial charge in [0.25, 0.3) is 0 Å². The molecule has 0 radical (unpaired) electrons. The number of nitrogens with zero attached hydrogens (tertiary/aromatic N) is 3. The van der Waals surface area contributed by atoms with Crippen LogP contribution in [0.3, 0.4) is 0 Å². The maximum absolute atomic E-state index is 13.3. The second kappa shape index (κ2) is 9.87. The third kappa shape index (κ3) is 4.78. The summed E-state index contributed by atoms with van der Waals surface area (Å²) in [5.74, 6) is 1.26. The van der Waals surface area contributed by atoms with Crippen molar-refractivity contribution in [3.05, 3.63) is 41.2 Å². The largest absolute Gasteiger partial charge is 0.488 e. The summed E-state index contributed by atoms with van der Waals surface area (Å²) in [5.41, 5.74) is 3.02. The van der Waals surface area contributed by atoms with Gasteiger partial charge in [0, 0.05) is 30.9 Å². The normalized spacial score (nSPS) is 19.9. The van der Waals surface area contributed by atoms with Crippen molar-refractivity contribution in [1.29, 1.82) is 0 Å². The Labute approximate surface area is 198 Å². The SMILES string of the molecule is O=C(O)CC(c1cnc2c(c1)OCCN2)N1CCC(CCCc2ccc3c(n2)NCCC3)C1=O. The van der Waals surface area contributed by atoms with Crippen molar-refractivity contribution in [1.82, 2.24) is 14.9 Å². The number of likely N-dealkylation sites (tertiary alicyclic amines) is 1. The first kappa shape index (κ1) is 22.4. The van der Waals surface area contributed by atoms with Crippen LogP contribution < -0.4 is 15.4 Å². The Balaban J connectivity index is 1.22. The van der Waals surface area contributed by atoms with E-state index in [1.54, 1.807) is 11.1 Å². The van der Waals surface area contributed by atoms with Gasteiger partial charge in [0.15, 0.2) is 11.6 Å². The molecule has 2 unspecified atom stereocenters. The van der Waals surface area contributed by atoms with E-state index in [9.17, 15) is 14.7 Å². The van der Waals surface area contributed by atoms with Crippen molar-refractivity contribution >= 4 is 23.5 Å². The van der Waals surface area contributed by atoms with Gasteiger partial charge in [-0.25, -0.2) is 9.97 Å². The van der Waals surface area contributed by atoms with Crippen LogP contribution >= 0.6 is 0 Å². The number of rotatable bonds is 8. The van der Waals surface area contributed by atoms with Gasteiger partial charge < -0.3 is 25.4 Å². The number of amides is 1. The molecule has 1 saturated heterocycles. The Hall–Kier alpha value is -3.36. The Morgan fingerprint density at radius 3 is 3.03 bits per heavy atom. The van der Waals surface area contributed by atoms with E-state index in [0.29, 0.717) is 36.8 Å². The lowest BCUT2D eigenvalue weighted by Gasteiger charge is -2.28. The Kier molecular flexibility index (Phi) is 6.51. The van der Waals surface area contributed by atoms with Gasteiger partial charge in [-0.3, -0.25) is 9.59 Å². The minimum Gasteiger partial charge on any atom is -0.488 e. The summed E-state index contributed by atoms with van der Waals surface area (Å²) in [6.07, 6.45) is 6.94. The fourth-order valence-corrected chi connectivity index (χ4v) is 5.17. The second-order valence-corrected chi connectivity index (χ2v) is 9.25. The molecule has 1 fully saturated rings. The summed E-state index contributed by atoms with van der Waals surface area (Å²) >= 11 is 0. The van der Waals surface area contributed by atoms with Gasteiger partial charge in [0.05, 0.1) is 19.0 Å². The maximum Gasteiger partial charge on any atom is 0.305 e. The lowest BCUT2D eigenvalue weighted by molar-refractivity contribution is -0.140. The number of carbonyl (C=O) groups is 2. The van der Waals surface area contributed by atoms with Crippen LogP contribution in [0.1, 0.15) is 55.0 Å². The first-order valence-electron chi connectivity index (χ1n) is 12.2. The topological polar surface area (TPSA) is 117 Å². The summed E-state index contributed by atoms with van der Waals surface area (Å²) in [4.78, 5) is 35.8. The zero-order valence-corrected chi connectivity index (χ0v) is 19.3. The molecule has 3 aliphatic heterocycles. The van der Waals surface area contributed by atoms with Crippen LogP contribution in [0.2, 0.25) is 0 Å². The summed E-state index contributed by atoms with van der Waals surface area (Å²) in [6.45, 7) is 2.73. The Morgan fingerprint density at radius 1 is 1.26 bits per heavy atom. The molecule has 3 N–H and O–H groups in total. The lowest BCUT2D eigenvalue weighted by Crippen LogP contribution is -2.33. The van der Waals surface area contributed by atoms with Crippen LogP contribution in [0.5, 0.6) is 5.75 Å². The fraction of sp³-hybridized carbons (Fsp3) is 0.520. The Morgan fingerprint density at radius 2 is 2.15 bits per heavy atom. The highest BCUT2D eigenvalue weighted by Gasteiger charge is 2.37. The smallest absolute Gasteiger partial charge is 0.305 e. The molecule has 3 aliphatic rings. The molecule has 5 rings (SSSR count). The van der Waals surface area contributed by atoms with Crippen molar-refractivity contribution in [2.75, 3.05) is 36.9 Å². The average molecular weight is 466 g/mol. The highest BCUT2D eigenvalue weighted by atomic mass is 16.5. The zero-order valence-electron chi connectivity index (χ0n) is 19.3. The van der Waals surface area contributed by atoms with Crippen LogP contribution in [-0.4, -0.2) is 58.1 Å². The number of aryl methyl sites for hydroxylation is 2. The predicted molar refractivity (Wildman–Crippen MR) is 127 cm³/mol. The van der Waals surface area contributed by atoms with E-state index < -0.39 is 12.0 Å². The standard InChI is InChI=1S/C25H31N5O4/c31-22(32)14-20(18-13-21-24(28-15-18)27-10-12-34-21)30-11-8-17(25(30)33)3-1-5-19-7-6-16-4-2-9-26-23(16)29-19/h6-7,13,15,17,20H,1-5,8-12,14H2,(H,26,29)(H,27,28)(H,31,32). The molecule has 2 atom stereocenters. The quantitative estimate of drug-likeness (QED) is 0.545. The number of carbonyl (C=O) groups excluding carboxylic acids is 1. The molecule has 2 aromatic rings. The average Bonchev–Trinajstić information content (AvgIpc) is 3.22. The second-order valence-electron chi connectivity index (χ2n) is 9.25. The van der Waals surface area contributed by atoms with Crippen LogP contribution in [-0.2, 0) is 22.4 Å². The van der Waals surface area contributed by atoms with Crippen LogP contribution in [0, 0.1) is 5.92 Å². The highest BCUT2D eigenvalue weighted by molar-refractivity contribution is 5.82. The number of hydrogen-bond acceptors (Lipinski definition) is 7. The summed E-state index contributed by atoms with van der Waals surface area (Å²) in [5, 5.41) is 16.1. The number of pyridine rings is 2. The first-order chi connectivity index (χ1) is 16.6. The molecule has 34 heavy (non-hydrogen) atoms. The molecule has 9 nitrogen and oxygen atoms in total. The number of fused-ring (bicyclic) bond motifs is 2. The zero-order chi connectivity index (χ0) is 23.5. The molecule has 180 valence electrons. The van der Waals surface area contributed by atoms with E-state index in [1.165, 1.54) is 5.56 Å². The fourth-order valence-electron chi connectivity index (χ4n) is 5.17. The van der Waals surface area contributed by atoms with E-state index in [-0.39, 0.29) is 18.2 Å². The number of carboxylic acids is 1. The van der Waals surface area contributed by atoms with Gasteiger partial charge in [-0.05, 0) is 61.8 Å². The number of aromatic nitrogens is 2. The molecule has 2 aromatic heterocycles. The van der Waals surface area contributed by atoms with Crippen molar-refractivity contribution in [3.8, 4) is 5.75 Å². The summed E-state index contributed by atoms with van der Waals surface area (Å²) in [6, 6.07) is 5.52. The third-order valence-electron chi connectivity index (χ3n) is 6.94. The van der Waals surface area contributed by atoms with E-state index in [0.717, 1.165) is 56.6 Å². The molecular formula is C25H31N5O4. The monoisotopic (exact) mass is 465 g/mol. The minimum atomic E-state index is -0.940. The van der Waals surface area contributed by atoms with E-state index in [2.05, 4.69) is 27.8 Å². The van der Waals surface area contributed by atoms with Crippen molar-refractivity contribution in [2.45, 2.75) is 51.0 Å². The van der Waals surface area contributed by atoms with Crippen molar-refractivity contribution in [2.24, 2.45) is 5.92 Å². The van der Waals surface area contributed by atoms with E-state index in [4.69, 9.17) is 9.72 Å². The van der Waals surface area contributed by atoms with E-state index >= 15 is 0 Å². The Bertz CT molecular complexity index is 1080. The molecule has 5 heterocycles. The first-order valence-corrected chi connectivity index (χ1v) is 12.2. The predicted octanol–water partition coefficient (Wildman–Crippen LogP) is 3.03. The molecule has 1 amide bonds. The van der Waals surface area contributed by atoms with Crippen LogP contribution in [0.25, 0.3) is 0 Å². The number of nitrogens with one attached hydrogen (secondary N) is 2. The number of ether oxygens (including phenoxy) is 1. The number of hydrogen-bond donors (Lipinski definition) is 3. The summed E-state index contributed by atoms with van der Waals surface area (Å²) in [7, 11) is 0. The van der Waals surface area contributed by atoms with Gasteiger partial charge >= 0.3 is 5.97 Å². The summed E-state index contributed by atoms with van der Waals surface area (Å²) < 4.78 is 5.67. The van der Waals surface area contributed by atoms with Gasteiger partial charge in [0.2, 0.25) is 5.91 Å². The minimum absolute atomic E-state index is 0.0306. The molecule has 0 bridgehead atoms. The number of anilines is 2. The lowest BCUT2D eigenvalue weighted by atomic mass is 9.98. The number of carboxylic acid groups (broad SMARTS) is 1. The maximum atomic E-state index is 13.3. The molecule has 0 aliphatic carbocycles. The van der Waals surface area contributed by atoms with Gasteiger partial charge in [-0.15, -0.1) is 0 Å². The van der Waals surface area contributed by atoms with Gasteiger partial charge in [-0.2, -0.15) is 0 Å². The highest BCUT2D eigenvalue weighted by Crippen LogP contribution is 2.36.